The maximum Gasteiger partial charge on any atom is 0.263 e. The van der Waals surface area contributed by atoms with E-state index in [1.165, 1.54) is 22.8 Å². The van der Waals surface area contributed by atoms with Crippen LogP contribution in [-0.2, 0) is 23.4 Å². The molecule has 22 heavy (non-hydrogen) atoms. The molecule has 0 saturated heterocycles. The van der Waals surface area contributed by atoms with E-state index in [-0.39, 0.29) is 22.6 Å². The molecule has 0 radical (unpaired) electrons. The number of carbonyl (C=O) groups is 1. The van der Waals surface area contributed by atoms with Gasteiger partial charge in [-0.05, 0) is 29.8 Å². The Morgan fingerprint density at radius 2 is 1.82 bits per heavy atom. The summed E-state index contributed by atoms with van der Waals surface area (Å²) in [5.41, 5.74) is 0.443. The fraction of sp³-hybridized carbons (Fsp3) is 0.200. The SMILES string of the molecule is Cn1cccc(C(=O)NCc2ccc(S(C)(=O)=O)cc2)c1=O. The molecule has 116 valence electrons. The second kappa shape index (κ2) is 6.15. The zero-order valence-electron chi connectivity index (χ0n) is 12.2. The molecule has 7 heteroatoms. The average molecular weight is 320 g/mol. The summed E-state index contributed by atoms with van der Waals surface area (Å²) in [6.07, 6.45) is 2.71. The molecule has 0 aliphatic carbocycles. The minimum absolute atomic E-state index is 0.0674. The molecule has 0 saturated carbocycles. The molecule has 0 bridgehead atoms. The number of sulfone groups is 1. The number of hydrogen-bond acceptors (Lipinski definition) is 4. The lowest BCUT2D eigenvalue weighted by Gasteiger charge is -2.07. The van der Waals surface area contributed by atoms with Crippen molar-refractivity contribution in [2.24, 2.45) is 7.05 Å². The van der Waals surface area contributed by atoms with Gasteiger partial charge in [0.1, 0.15) is 5.56 Å². The largest absolute Gasteiger partial charge is 0.348 e. The molecular formula is C15H16N2O4S. The molecule has 0 fully saturated rings. The minimum atomic E-state index is -3.24. The van der Waals surface area contributed by atoms with Gasteiger partial charge in [-0.25, -0.2) is 8.42 Å². The number of pyridine rings is 1. The number of rotatable bonds is 4. The summed E-state index contributed by atoms with van der Waals surface area (Å²) in [7, 11) is -1.66. The van der Waals surface area contributed by atoms with Gasteiger partial charge < -0.3 is 9.88 Å². The van der Waals surface area contributed by atoms with E-state index >= 15 is 0 Å². The van der Waals surface area contributed by atoms with Crippen molar-refractivity contribution in [2.45, 2.75) is 11.4 Å². The highest BCUT2D eigenvalue weighted by molar-refractivity contribution is 7.90. The third-order valence-electron chi connectivity index (χ3n) is 3.17. The highest BCUT2D eigenvalue weighted by atomic mass is 32.2. The molecule has 0 atom stereocenters. The molecule has 0 aliphatic rings. The Balaban J connectivity index is 2.08. The van der Waals surface area contributed by atoms with Crippen molar-refractivity contribution < 1.29 is 13.2 Å². The van der Waals surface area contributed by atoms with Crippen LogP contribution in [0, 0.1) is 0 Å². The van der Waals surface area contributed by atoms with Crippen LogP contribution in [0.4, 0.5) is 0 Å². The van der Waals surface area contributed by atoms with Gasteiger partial charge in [-0.3, -0.25) is 9.59 Å². The summed E-state index contributed by atoms with van der Waals surface area (Å²) in [6, 6.07) is 9.30. The third kappa shape index (κ3) is 3.62. The normalized spacial score (nSPS) is 11.2. The second-order valence-electron chi connectivity index (χ2n) is 4.94. The van der Waals surface area contributed by atoms with Gasteiger partial charge in [-0.15, -0.1) is 0 Å². The molecule has 0 spiro atoms. The summed E-state index contributed by atoms with van der Waals surface area (Å²) >= 11 is 0. The van der Waals surface area contributed by atoms with E-state index in [1.807, 2.05) is 0 Å². The van der Waals surface area contributed by atoms with Gasteiger partial charge in [0.05, 0.1) is 4.90 Å². The third-order valence-corrected chi connectivity index (χ3v) is 4.30. The van der Waals surface area contributed by atoms with Gasteiger partial charge >= 0.3 is 0 Å². The predicted molar refractivity (Wildman–Crippen MR) is 82.4 cm³/mol. The van der Waals surface area contributed by atoms with Crippen molar-refractivity contribution >= 4 is 15.7 Å². The van der Waals surface area contributed by atoms with Crippen molar-refractivity contribution in [2.75, 3.05) is 6.26 Å². The van der Waals surface area contributed by atoms with Crippen LogP contribution in [0.5, 0.6) is 0 Å². The van der Waals surface area contributed by atoms with Crippen LogP contribution in [0.3, 0.4) is 0 Å². The van der Waals surface area contributed by atoms with Crippen LogP contribution in [0.2, 0.25) is 0 Å². The Morgan fingerprint density at radius 3 is 2.41 bits per heavy atom. The van der Waals surface area contributed by atoms with E-state index < -0.39 is 15.7 Å². The van der Waals surface area contributed by atoms with Crippen molar-refractivity contribution in [1.29, 1.82) is 0 Å². The summed E-state index contributed by atoms with van der Waals surface area (Å²) < 4.78 is 24.0. The number of carbonyl (C=O) groups excluding carboxylic acids is 1. The molecular weight excluding hydrogens is 304 g/mol. The van der Waals surface area contributed by atoms with Crippen LogP contribution in [0.15, 0.2) is 52.3 Å². The maximum absolute atomic E-state index is 12.0. The fourth-order valence-electron chi connectivity index (χ4n) is 1.90. The van der Waals surface area contributed by atoms with Gasteiger partial charge in [0.2, 0.25) is 0 Å². The van der Waals surface area contributed by atoms with E-state index in [0.717, 1.165) is 11.8 Å². The lowest BCUT2D eigenvalue weighted by atomic mass is 10.2. The maximum atomic E-state index is 12.0. The van der Waals surface area contributed by atoms with Gasteiger partial charge in [0, 0.05) is 26.0 Å². The Bertz CT molecular complexity index is 852. The summed E-state index contributed by atoms with van der Waals surface area (Å²) in [4.78, 5) is 24.0. The summed E-state index contributed by atoms with van der Waals surface area (Å²) in [5, 5.41) is 2.64. The van der Waals surface area contributed by atoms with Gasteiger partial charge in [-0.2, -0.15) is 0 Å². The van der Waals surface area contributed by atoms with E-state index in [9.17, 15) is 18.0 Å². The number of aromatic nitrogens is 1. The zero-order valence-corrected chi connectivity index (χ0v) is 13.1. The summed E-state index contributed by atoms with van der Waals surface area (Å²) in [5.74, 6) is -0.464. The fourth-order valence-corrected chi connectivity index (χ4v) is 2.53. The Hall–Kier alpha value is -2.41. The van der Waals surface area contributed by atoms with E-state index in [1.54, 1.807) is 31.4 Å². The molecule has 2 rings (SSSR count). The molecule has 1 N–H and O–H groups in total. The first kappa shape index (κ1) is 16.0. The van der Waals surface area contributed by atoms with E-state index in [0.29, 0.717) is 0 Å². The summed E-state index contributed by atoms with van der Waals surface area (Å²) in [6.45, 7) is 0.209. The molecule has 1 aromatic heterocycles. The van der Waals surface area contributed by atoms with Crippen LogP contribution in [-0.4, -0.2) is 25.1 Å². The van der Waals surface area contributed by atoms with Crippen LogP contribution in [0.1, 0.15) is 15.9 Å². The number of aryl methyl sites for hydroxylation is 1. The Kier molecular flexibility index (Phi) is 4.46. The first-order valence-electron chi connectivity index (χ1n) is 6.52. The molecule has 0 unspecified atom stereocenters. The number of hydrogen-bond donors (Lipinski definition) is 1. The van der Waals surface area contributed by atoms with Crippen molar-refractivity contribution in [3.8, 4) is 0 Å². The average Bonchev–Trinajstić information content (AvgIpc) is 2.47. The molecule has 1 amide bonds. The molecule has 1 aromatic carbocycles. The number of nitrogens with zero attached hydrogens (tertiary/aromatic N) is 1. The Labute approximate surface area is 128 Å². The van der Waals surface area contributed by atoms with Crippen molar-refractivity contribution in [1.82, 2.24) is 9.88 Å². The van der Waals surface area contributed by atoms with Crippen molar-refractivity contribution in [3.05, 3.63) is 64.1 Å². The van der Waals surface area contributed by atoms with Gasteiger partial charge in [0.15, 0.2) is 9.84 Å². The van der Waals surface area contributed by atoms with Crippen molar-refractivity contribution in [3.63, 3.8) is 0 Å². The van der Waals surface area contributed by atoms with Crippen LogP contribution < -0.4 is 10.9 Å². The highest BCUT2D eigenvalue weighted by Gasteiger charge is 2.11. The van der Waals surface area contributed by atoms with Gasteiger partial charge in [-0.1, -0.05) is 12.1 Å². The van der Waals surface area contributed by atoms with Crippen LogP contribution >= 0.6 is 0 Å². The Morgan fingerprint density at radius 1 is 1.18 bits per heavy atom. The predicted octanol–water partition coefficient (Wildman–Crippen LogP) is 0.719. The lowest BCUT2D eigenvalue weighted by Crippen LogP contribution is -2.31. The van der Waals surface area contributed by atoms with E-state index in [2.05, 4.69) is 5.32 Å². The standard InChI is InChI=1S/C15H16N2O4S/c1-17-9-3-4-13(15(17)19)14(18)16-10-11-5-7-12(8-6-11)22(2,20)21/h3-9H,10H2,1-2H3,(H,16,18). The lowest BCUT2D eigenvalue weighted by molar-refractivity contribution is 0.0949. The first-order chi connectivity index (χ1) is 10.3. The highest BCUT2D eigenvalue weighted by Crippen LogP contribution is 2.10. The number of nitrogens with one attached hydrogen (secondary N) is 1. The molecule has 2 aromatic rings. The van der Waals surface area contributed by atoms with E-state index in [4.69, 9.17) is 0 Å². The first-order valence-corrected chi connectivity index (χ1v) is 8.41. The van der Waals surface area contributed by atoms with Crippen LogP contribution in [0.25, 0.3) is 0 Å². The smallest absolute Gasteiger partial charge is 0.263 e. The topological polar surface area (TPSA) is 85.2 Å². The minimum Gasteiger partial charge on any atom is -0.348 e. The monoisotopic (exact) mass is 320 g/mol. The molecule has 0 aliphatic heterocycles. The molecule has 1 heterocycles. The van der Waals surface area contributed by atoms with Gasteiger partial charge in [0.25, 0.3) is 11.5 Å². The number of benzene rings is 1. The number of amides is 1. The quantitative estimate of drug-likeness (QED) is 0.899. The zero-order chi connectivity index (χ0) is 16.3. The second-order valence-corrected chi connectivity index (χ2v) is 6.95. The molecule has 6 nitrogen and oxygen atoms in total.